The number of ketones is 1. The van der Waals surface area contributed by atoms with Crippen molar-refractivity contribution < 1.29 is 31.5 Å². The minimum Gasteiger partial charge on any atom is -0.339 e. The van der Waals surface area contributed by atoms with Crippen LogP contribution in [0.5, 0.6) is 0 Å². The van der Waals surface area contributed by atoms with Gasteiger partial charge in [-0.05, 0) is 38.1 Å². The Kier molecular flexibility index (Phi) is 5.11. The van der Waals surface area contributed by atoms with E-state index >= 15 is 0 Å². The number of pyridine rings is 1. The molecule has 0 aliphatic heterocycles. The Morgan fingerprint density at radius 1 is 1.00 bits per heavy atom. The van der Waals surface area contributed by atoms with Gasteiger partial charge in [0.05, 0.1) is 11.1 Å². The Balaban J connectivity index is 2.24. The van der Waals surface area contributed by atoms with Gasteiger partial charge in [-0.1, -0.05) is 6.07 Å². The van der Waals surface area contributed by atoms with Crippen LogP contribution in [0.1, 0.15) is 40.3 Å². The predicted molar refractivity (Wildman–Crippen MR) is 81.5 cm³/mol. The molecule has 138 valence electrons. The highest BCUT2D eigenvalue weighted by molar-refractivity contribution is 6.05. The molecular formula is C17H13F5N2O2. The normalized spacial score (nSPS) is 12.0. The summed E-state index contributed by atoms with van der Waals surface area (Å²) in [4.78, 5) is 28.0. The number of rotatable bonds is 4. The minimum absolute atomic E-state index is 0.336. The molecule has 0 saturated carbocycles. The highest BCUT2D eigenvalue weighted by Crippen LogP contribution is 2.28. The van der Waals surface area contributed by atoms with Crippen molar-refractivity contribution >= 4 is 11.7 Å². The van der Waals surface area contributed by atoms with E-state index < -0.39 is 46.2 Å². The van der Waals surface area contributed by atoms with Crippen LogP contribution in [0.15, 0.2) is 36.5 Å². The highest BCUT2D eigenvalue weighted by Gasteiger charge is 2.35. The van der Waals surface area contributed by atoms with Crippen molar-refractivity contribution in [2.75, 3.05) is 0 Å². The van der Waals surface area contributed by atoms with Crippen molar-refractivity contribution in [3.63, 3.8) is 0 Å². The van der Waals surface area contributed by atoms with Crippen molar-refractivity contribution in [2.45, 2.75) is 25.6 Å². The number of halogens is 5. The van der Waals surface area contributed by atoms with Gasteiger partial charge < -0.3 is 5.32 Å². The van der Waals surface area contributed by atoms with E-state index in [0.29, 0.717) is 12.3 Å². The monoisotopic (exact) mass is 372 g/mol. The van der Waals surface area contributed by atoms with Crippen molar-refractivity contribution in [1.82, 2.24) is 10.3 Å². The molecule has 0 spiro atoms. The van der Waals surface area contributed by atoms with E-state index in [9.17, 15) is 31.5 Å². The fourth-order valence-electron chi connectivity index (χ4n) is 2.13. The number of alkyl halides is 3. The molecule has 26 heavy (non-hydrogen) atoms. The highest BCUT2D eigenvalue weighted by atomic mass is 19.4. The number of hydrogen-bond acceptors (Lipinski definition) is 3. The molecule has 0 aliphatic rings. The maximum Gasteiger partial charge on any atom is 0.417 e. The molecule has 0 fully saturated rings. The SMILES string of the molecule is CC(C)(NC(=O)c1c(F)cccc1F)C(=O)c1ccc(C(F)(F)F)cn1. The van der Waals surface area contributed by atoms with Gasteiger partial charge in [0.25, 0.3) is 5.91 Å². The summed E-state index contributed by atoms with van der Waals surface area (Å²) in [6.07, 6.45) is -4.12. The number of carbonyl (C=O) groups is 2. The van der Waals surface area contributed by atoms with Gasteiger partial charge in [-0.3, -0.25) is 14.6 Å². The largest absolute Gasteiger partial charge is 0.417 e. The van der Waals surface area contributed by atoms with E-state index in [2.05, 4.69) is 10.3 Å². The number of benzene rings is 1. The first kappa shape index (κ1) is 19.5. The molecule has 0 unspecified atom stereocenters. The Morgan fingerprint density at radius 2 is 1.58 bits per heavy atom. The molecule has 1 aromatic carbocycles. The van der Waals surface area contributed by atoms with E-state index in [1.807, 2.05) is 0 Å². The molecule has 0 aliphatic carbocycles. The predicted octanol–water partition coefficient (Wildman–Crippen LogP) is 3.77. The van der Waals surface area contributed by atoms with Gasteiger partial charge in [0.15, 0.2) is 0 Å². The van der Waals surface area contributed by atoms with E-state index in [1.165, 1.54) is 13.8 Å². The Hall–Kier alpha value is -2.84. The number of carbonyl (C=O) groups excluding carboxylic acids is 2. The molecule has 2 aromatic rings. The molecule has 1 heterocycles. The second kappa shape index (κ2) is 6.81. The third kappa shape index (κ3) is 4.04. The first-order chi connectivity index (χ1) is 11.9. The lowest BCUT2D eigenvalue weighted by molar-refractivity contribution is -0.137. The Bertz CT molecular complexity index is 825. The molecule has 1 N–H and O–H groups in total. The van der Waals surface area contributed by atoms with Crippen LogP contribution in [0.2, 0.25) is 0 Å². The maximum absolute atomic E-state index is 13.7. The van der Waals surface area contributed by atoms with E-state index in [-0.39, 0.29) is 5.69 Å². The summed E-state index contributed by atoms with van der Waals surface area (Å²) in [5.41, 5.74) is -3.91. The van der Waals surface area contributed by atoms with Crippen molar-refractivity contribution in [3.05, 3.63) is 65.0 Å². The molecule has 0 bridgehead atoms. The van der Waals surface area contributed by atoms with Crippen LogP contribution in [0, 0.1) is 11.6 Å². The van der Waals surface area contributed by atoms with Gasteiger partial charge in [0.1, 0.15) is 22.9 Å². The summed E-state index contributed by atoms with van der Waals surface area (Å²) in [6.45, 7) is 2.48. The zero-order valence-corrected chi connectivity index (χ0v) is 13.6. The van der Waals surface area contributed by atoms with E-state index in [1.54, 1.807) is 0 Å². The Labute approximate surface area is 145 Å². The van der Waals surface area contributed by atoms with Crippen molar-refractivity contribution in [3.8, 4) is 0 Å². The van der Waals surface area contributed by atoms with Gasteiger partial charge in [0, 0.05) is 6.20 Å². The van der Waals surface area contributed by atoms with Crippen LogP contribution in [0.4, 0.5) is 22.0 Å². The molecule has 9 heteroatoms. The number of nitrogens with zero attached hydrogens (tertiary/aromatic N) is 1. The van der Waals surface area contributed by atoms with Gasteiger partial charge in [0.2, 0.25) is 5.78 Å². The van der Waals surface area contributed by atoms with E-state index in [4.69, 9.17) is 0 Å². The summed E-state index contributed by atoms with van der Waals surface area (Å²) in [5, 5.41) is 2.17. The van der Waals surface area contributed by atoms with Crippen molar-refractivity contribution in [1.29, 1.82) is 0 Å². The number of hydrogen-bond donors (Lipinski definition) is 1. The second-order valence-electron chi connectivity index (χ2n) is 5.93. The van der Waals surface area contributed by atoms with Gasteiger partial charge in [-0.2, -0.15) is 13.2 Å². The number of Topliss-reactive ketones (excluding diaryl/α,β-unsaturated/α-hetero) is 1. The topological polar surface area (TPSA) is 59.1 Å². The fraction of sp³-hybridized carbons (Fsp3) is 0.235. The first-order valence-electron chi connectivity index (χ1n) is 7.28. The van der Waals surface area contributed by atoms with Gasteiger partial charge in [-0.25, -0.2) is 8.78 Å². The number of aromatic nitrogens is 1. The third-order valence-corrected chi connectivity index (χ3v) is 3.51. The summed E-state index contributed by atoms with van der Waals surface area (Å²) >= 11 is 0. The van der Waals surface area contributed by atoms with Crippen LogP contribution < -0.4 is 5.32 Å². The number of nitrogens with one attached hydrogen (secondary N) is 1. The quantitative estimate of drug-likeness (QED) is 0.657. The van der Waals surface area contributed by atoms with Crippen LogP contribution in [0.25, 0.3) is 0 Å². The molecule has 0 saturated heterocycles. The van der Waals surface area contributed by atoms with Crippen LogP contribution in [-0.2, 0) is 6.18 Å². The zero-order chi connectivity index (χ0) is 19.7. The lowest BCUT2D eigenvalue weighted by Gasteiger charge is -2.24. The summed E-state index contributed by atoms with van der Waals surface area (Å²) in [6, 6.07) is 4.37. The molecule has 0 atom stereocenters. The number of amides is 1. The van der Waals surface area contributed by atoms with E-state index in [0.717, 1.165) is 24.3 Å². The maximum atomic E-state index is 13.7. The molecule has 1 aromatic heterocycles. The van der Waals surface area contributed by atoms with Crippen molar-refractivity contribution in [2.24, 2.45) is 0 Å². The molecule has 1 amide bonds. The molecule has 0 radical (unpaired) electrons. The molecular weight excluding hydrogens is 359 g/mol. The standard InChI is InChI=1S/C17H13F5N2O2/c1-16(2,24-15(26)13-10(18)4-3-5-11(13)19)14(25)12-7-6-9(8-23-12)17(20,21)22/h3-8H,1-2H3,(H,24,26). The molecule has 2 rings (SSSR count). The van der Waals surface area contributed by atoms with Crippen LogP contribution >= 0.6 is 0 Å². The Morgan fingerprint density at radius 3 is 2.04 bits per heavy atom. The average Bonchev–Trinajstić information content (AvgIpc) is 2.52. The lowest BCUT2D eigenvalue weighted by atomic mass is 9.95. The van der Waals surface area contributed by atoms with Crippen LogP contribution in [-0.4, -0.2) is 22.2 Å². The first-order valence-corrected chi connectivity index (χ1v) is 7.28. The van der Waals surface area contributed by atoms with Gasteiger partial charge >= 0.3 is 6.18 Å². The minimum atomic E-state index is -4.61. The summed E-state index contributed by atoms with van der Waals surface area (Å²) in [7, 11) is 0. The fourth-order valence-corrected chi connectivity index (χ4v) is 2.13. The summed E-state index contributed by atoms with van der Waals surface area (Å²) in [5.74, 6) is -4.22. The van der Waals surface area contributed by atoms with Gasteiger partial charge in [-0.15, -0.1) is 0 Å². The third-order valence-electron chi connectivity index (χ3n) is 3.51. The second-order valence-corrected chi connectivity index (χ2v) is 5.93. The summed E-state index contributed by atoms with van der Waals surface area (Å²) < 4.78 is 64.9. The smallest absolute Gasteiger partial charge is 0.339 e. The van der Waals surface area contributed by atoms with Crippen LogP contribution in [0.3, 0.4) is 0 Å². The average molecular weight is 372 g/mol. The molecule has 4 nitrogen and oxygen atoms in total. The zero-order valence-electron chi connectivity index (χ0n) is 13.6. The lowest BCUT2D eigenvalue weighted by Crippen LogP contribution is -2.50.